The molecule has 0 aromatic heterocycles. The molecule has 6 atom stereocenters. The van der Waals surface area contributed by atoms with Gasteiger partial charge in [0, 0.05) is 43.9 Å². The standard InChI is InChI=1S/C43H71O12P/c1-3-5-7-8-9-10-11-12-13-14-15-16-17-18-19-20-22-28-43(49)55-37(34-54-56(50,51)52)33-53-42(48)27-24-23-26-36(45)31-39-38(40(46)32-41(39)47)30-29-35(44)25-21-6-4-2/h5,7,9-10,12-13,15-16,29-30,35,37-41,44,46-47H,3-4,6,8,11,14,17-28,31-34H2,1-2H3,(H2,50,51,52)/b7-5-,10-9-,13-12-,16-15-,30-29+/t35-,37+,38+,39+,40+,41-/m0/s1. The maximum atomic E-state index is 12.7. The summed E-state index contributed by atoms with van der Waals surface area (Å²) in [6, 6.07) is 0. The molecule has 1 fully saturated rings. The number of aliphatic hydroxyl groups excluding tert-OH is 3. The van der Waals surface area contributed by atoms with Gasteiger partial charge in [0.2, 0.25) is 0 Å². The highest BCUT2D eigenvalue weighted by atomic mass is 31.2. The quantitative estimate of drug-likeness (QED) is 0.0185. The van der Waals surface area contributed by atoms with Crippen molar-refractivity contribution >= 4 is 25.5 Å². The summed E-state index contributed by atoms with van der Waals surface area (Å²) in [6.45, 7) is 3.11. The molecule has 1 saturated carbocycles. The number of allylic oxidation sites excluding steroid dienone is 8. The molecule has 56 heavy (non-hydrogen) atoms. The van der Waals surface area contributed by atoms with E-state index in [2.05, 4.69) is 67.0 Å². The van der Waals surface area contributed by atoms with Crippen LogP contribution in [-0.4, -0.2) is 80.5 Å². The summed E-state index contributed by atoms with van der Waals surface area (Å²) in [4.78, 5) is 55.8. The first-order valence-electron chi connectivity index (χ1n) is 20.8. The van der Waals surface area contributed by atoms with Crippen LogP contribution in [0.2, 0.25) is 0 Å². The molecular weight excluding hydrogens is 739 g/mol. The lowest BCUT2D eigenvalue weighted by atomic mass is 9.87. The zero-order chi connectivity index (χ0) is 41.4. The number of unbranched alkanes of at least 4 members (excludes halogenated alkanes) is 7. The SMILES string of the molecule is CC/C=C\C/C=C\C/C=C\C/C=C\CCCCCCC(=O)O[C@H](COC(=O)CCCCC(=O)C[C@@H]1[C@@H](/C=C/[C@@H](O)CCCCC)[C@H](O)C[C@@H]1O)COP(=O)(O)O. The van der Waals surface area contributed by atoms with Gasteiger partial charge in [-0.15, -0.1) is 0 Å². The molecule has 1 aliphatic carbocycles. The van der Waals surface area contributed by atoms with Crippen LogP contribution in [-0.2, 0) is 32.9 Å². The molecule has 1 rings (SSSR count). The molecule has 0 aromatic carbocycles. The van der Waals surface area contributed by atoms with E-state index in [4.69, 9.17) is 19.3 Å². The van der Waals surface area contributed by atoms with Crippen molar-refractivity contribution in [3.63, 3.8) is 0 Å². The van der Waals surface area contributed by atoms with Crippen LogP contribution < -0.4 is 0 Å². The first-order chi connectivity index (χ1) is 26.9. The number of esters is 2. The Bertz CT molecular complexity index is 1270. The largest absolute Gasteiger partial charge is 0.469 e. The van der Waals surface area contributed by atoms with Crippen LogP contribution >= 0.6 is 7.82 Å². The third kappa shape index (κ3) is 27.8. The molecule has 1 aliphatic rings. The van der Waals surface area contributed by atoms with E-state index >= 15 is 0 Å². The average molecular weight is 811 g/mol. The van der Waals surface area contributed by atoms with Crippen molar-refractivity contribution < 1.29 is 58.1 Å². The van der Waals surface area contributed by atoms with E-state index in [1.165, 1.54) is 0 Å². The Hall–Kier alpha value is -2.70. The minimum absolute atomic E-state index is 0.0275. The number of phosphoric ester groups is 1. The Balaban J connectivity index is 2.34. The van der Waals surface area contributed by atoms with Crippen molar-refractivity contribution in [1.82, 2.24) is 0 Å². The van der Waals surface area contributed by atoms with E-state index < -0.39 is 69.2 Å². The number of Topliss-reactive ketones (excluding diaryl/α,β-unsaturated/α-hetero) is 1. The number of carbonyl (C=O) groups is 3. The smallest absolute Gasteiger partial charge is 0.462 e. The predicted molar refractivity (Wildman–Crippen MR) is 218 cm³/mol. The van der Waals surface area contributed by atoms with Gasteiger partial charge < -0.3 is 34.6 Å². The van der Waals surface area contributed by atoms with Crippen molar-refractivity contribution in [2.45, 2.75) is 167 Å². The Kier molecular flexibility index (Phi) is 29.6. The molecule has 5 N–H and O–H groups in total. The number of phosphoric acid groups is 1. The average Bonchev–Trinajstić information content (AvgIpc) is 3.41. The normalized spacial score (nSPS) is 20.3. The van der Waals surface area contributed by atoms with Gasteiger partial charge in [0.25, 0.3) is 0 Å². The first kappa shape index (κ1) is 51.3. The van der Waals surface area contributed by atoms with E-state index in [9.17, 15) is 34.3 Å². The van der Waals surface area contributed by atoms with Gasteiger partial charge in [-0.25, -0.2) is 4.57 Å². The zero-order valence-electron chi connectivity index (χ0n) is 33.8. The number of carbonyl (C=O) groups excluding carboxylic acids is 3. The van der Waals surface area contributed by atoms with E-state index in [0.29, 0.717) is 25.7 Å². The molecule has 0 bridgehead atoms. The van der Waals surface area contributed by atoms with Crippen LogP contribution in [0, 0.1) is 11.8 Å². The topological polar surface area (TPSA) is 197 Å². The van der Waals surface area contributed by atoms with E-state index in [1.807, 2.05) is 0 Å². The highest BCUT2D eigenvalue weighted by molar-refractivity contribution is 7.46. The summed E-state index contributed by atoms with van der Waals surface area (Å²) < 4.78 is 26.3. The summed E-state index contributed by atoms with van der Waals surface area (Å²) in [6.07, 6.45) is 30.0. The summed E-state index contributed by atoms with van der Waals surface area (Å²) in [5.41, 5.74) is 0. The minimum atomic E-state index is -4.86. The Labute approximate surface area is 335 Å². The third-order valence-electron chi connectivity index (χ3n) is 9.50. The van der Waals surface area contributed by atoms with Crippen LogP contribution in [0.25, 0.3) is 0 Å². The number of hydrogen-bond donors (Lipinski definition) is 5. The lowest BCUT2D eigenvalue weighted by Crippen LogP contribution is -2.29. The fraction of sp³-hybridized carbons (Fsp3) is 0.698. The predicted octanol–water partition coefficient (Wildman–Crippen LogP) is 8.07. The summed E-state index contributed by atoms with van der Waals surface area (Å²) in [5, 5.41) is 31.2. The molecule has 320 valence electrons. The lowest BCUT2D eigenvalue weighted by Gasteiger charge is -2.20. The number of ether oxygens (including phenoxy) is 2. The van der Waals surface area contributed by atoms with Crippen LogP contribution in [0.5, 0.6) is 0 Å². The van der Waals surface area contributed by atoms with Gasteiger partial charge >= 0.3 is 19.8 Å². The van der Waals surface area contributed by atoms with Crippen molar-refractivity contribution in [1.29, 1.82) is 0 Å². The van der Waals surface area contributed by atoms with Gasteiger partial charge in [-0.05, 0) is 64.2 Å². The molecule has 0 aromatic rings. The Morgan fingerprint density at radius 1 is 0.732 bits per heavy atom. The first-order valence-corrected chi connectivity index (χ1v) is 22.3. The molecular formula is C43H71O12P. The minimum Gasteiger partial charge on any atom is -0.462 e. The molecule has 0 unspecified atom stereocenters. The summed E-state index contributed by atoms with van der Waals surface area (Å²) >= 11 is 0. The molecule has 13 heteroatoms. The van der Waals surface area contributed by atoms with Crippen molar-refractivity contribution in [2.24, 2.45) is 11.8 Å². The molecule has 0 aliphatic heterocycles. The molecule has 0 heterocycles. The molecule has 12 nitrogen and oxygen atoms in total. The second kappa shape index (κ2) is 32.3. The molecule has 0 amide bonds. The van der Waals surface area contributed by atoms with E-state index in [1.54, 1.807) is 12.2 Å². The van der Waals surface area contributed by atoms with Crippen LogP contribution in [0.4, 0.5) is 0 Å². The lowest BCUT2D eigenvalue weighted by molar-refractivity contribution is -0.161. The molecule has 0 saturated heterocycles. The maximum absolute atomic E-state index is 12.7. The fourth-order valence-corrected chi connectivity index (χ4v) is 6.72. The van der Waals surface area contributed by atoms with Gasteiger partial charge in [-0.3, -0.25) is 18.9 Å². The maximum Gasteiger partial charge on any atom is 0.469 e. The molecule has 0 radical (unpaired) electrons. The van der Waals surface area contributed by atoms with Gasteiger partial charge in [0.05, 0.1) is 24.9 Å². The number of aliphatic hydroxyl groups is 3. The fourth-order valence-electron chi connectivity index (χ4n) is 6.36. The number of rotatable bonds is 33. The van der Waals surface area contributed by atoms with Gasteiger partial charge in [0.1, 0.15) is 12.4 Å². The Morgan fingerprint density at radius 3 is 2.00 bits per heavy atom. The Morgan fingerprint density at radius 2 is 1.34 bits per heavy atom. The van der Waals surface area contributed by atoms with Gasteiger partial charge in [-0.2, -0.15) is 0 Å². The van der Waals surface area contributed by atoms with Crippen molar-refractivity contribution in [3.05, 3.63) is 60.8 Å². The van der Waals surface area contributed by atoms with E-state index in [-0.39, 0.29) is 37.9 Å². The second-order valence-corrected chi connectivity index (χ2v) is 15.8. The van der Waals surface area contributed by atoms with Gasteiger partial charge in [0.15, 0.2) is 6.10 Å². The molecule has 0 spiro atoms. The monoisotopic (exact) mass is 810 g/mol. The van der Waals surface area contributed by atoms with Crippen molar-refractivity contribution in [2.75, 3.05) is 13.2 Å². The van der Waals surface area contributed by atoms with E-state index in [0.717, 1.165) is 70.6 Å². The second-order valence-electron chi connectivity index (χ2n) is 14.5. The van der Waals surface area contributed by atoms with Crippen LogP contribution in [0.1, 0.15) is 142 Å². The highest BCUT2D eigenvalue weighted by Gasteiger charge is 2.41. The van der Waals surface area contributed by atoms with Gasteiger partial charge in [-0.1, -0.05) is 107 Å². The van der Waals surface area contributed by atoms with Crippen LogP contribution in [0.3, 0.4) is 0 Å². The van der Waals surface area contributed by atoms with Crippen molar-refractivity contribution in [3.8, 4) is 0 Å². The number of hydrogen-bond acceptors (Lipinski definition) is 10. The zero-order valence-corrected chi connectivity index (χ0v) is 34.7. The summed E-state index contributed by atoms with van der Waals surface area (Å²) in [7, 11) is -4.86. The summed E-state index contributed by atoms with van der Waals surface area (Å²) in [5.74, 6) is -2.21. The van der Waals surface area contributed by atoms with Crippen LogP contribution in [0.15, 0.2) is 60.8 Å². The third-order valence-corrected chi connectivity index (χ3v) is 9.99. The highest BCUT2D eigenvalue weighted by Crippen LogP contribution is 2.37. The number of ketones is 1.